The van der Waals surface area contributed by atoms with Crippen molar-refractivity contribution in [3.63, 3.8) is 0 Å². The van der Waals surface area contributed by atoms with Crippen LogP contribution in [0.5, 0.6) is 0 Å². The fourth-order valence-electron chi connectivity index (χ4n) is 2.67. The van der Waals surface area contributed by atoms with Crippen LogP contribution in [0.3, 0.4) is 0 Å². The number of carbonyl (C=O) groups is 1. The zero-order valence-electron chi connectivity index (χ0n) is 12.4. The van der Waals surface area contributed by atoms with E-state index in [1.54, 1.807) is 0 Å². The second kappa shape index (κ2) is 5.84. The molecule has 1 aromatic carbocycles. The van der Waals surface area contributed by atoms with Gasteiger partial charge in [-0.2, -0.15) is 0 Å². The number of nitrogens with zero attached hydrogens (tertiary/aromatic N) is 1. The van der Waals surface area contributed by atoms with Crippen molar-refractivity contribution in [3.05, 3.63) is 52.8 Å². The van der Waals surface area contributed by atoms with E-state index in [9.17, 15) is 4.79 Å². The van der Waals surface area contributed by atoms with Crippen molar-refractivity contribution in [2.75, 3.05) is 5.88 Å². The Balaban J connectivity index is 2.65. The molecule has 3 heteroatoms. The molecule has 0 radical (unpaired) electrons. The van der Waals surface area contributed by atoms with E-state index in [1.807, 2.05) is 26.0 Å². The summed E-state index contributed by atoms with van der Waals surface area (Å²) in [6, 6.07) is 10.3. The van der Waals surface area contributed by atoms with Crippen LogP contribution in [0.25, 0.3) is 5.69 Å². The van der Waals surface area contributed by atoms with Crippen LogP contribution in [0.4, 0.5) is 0 Å². The van der Waals surface area contributed by atoms with E-state index in [1.165, 1.54) is 5.56 Å². The third-order valence-corrected chi connectivity index (χ3v) is 3.90. The average molecular weight is 290 g/mol. The fraction of sp³-hybridized carbons (Fsp3) is 0.353. The number of aryl methyl sites for hydroxylation is 1. The molecular weight excluding hydrogens is 270 g/mol. The van der Waals surface area contributed by atoms with E-state index in [4.69, 9.17) is 11.6 Å². The quantitative estimate of drug-likeness (QED) is 0.594. The Hall–Kier alpha value is -1.54. The third-order valence-electron chi connectivity index (χ3n) is 3.65. The van der Waals surface area contributed by atoms with Crippen molar-refractivity contribution in [2.24, 2.45) is 0 Å². The highest BCUT2D eigenvalue weighted by Crippen LogP contribution is 2.28. The normalized spacial score (nSPS) is 11.1. The maximum atomic E-state index is 11.9. The number of rotatable bonds is 4. The number of para-hydroxylation sites is 1. The molecule has 0 aliphatic rings. The van der Waals surface area contributed by atoms with Crippen LogP contribution in [0.15, 0.2) is 30.3 Å². The zero-order chi connectivity index (χ0) is 14.9. The van der Waals surface area contributed by atoms with Crippen LogP contribution < -0.4 is 0 Å². The Morgan fingerprint density at radius 1 is 1.25 bits per heavy atom. The zero-order valence-corrected chi connectivity index (χ0v) is 13.2. The van der Waals surface area contributed by atoms with Gasteiger partial charge in [0.05, 0.1) is 5.88 Å². The molecule has 1 aromatic heterocycles. The number of carbonyl (C=O) groups excluding carboxylic acids is 1. The van der Waals surface area contributed by atoms with Crippen LogP contribution in [0, 0.1) is 13.8 Å². The van der Waals surface area contributed by atoms with Crippen molar-refractivity contribution < 1.29 is 4.79 Å². The predicted octanol–water partition coefficient (Wildman–Crippen LogP) is 4.64. The lowest BCUT2D eigenvalue weighted by atomic mass is 10.0. The summed E-state index contributed by atoms with van der Waals surface area (Å²) < 4.78 is 2.15. The fourth-order valence-corrected chi connectivity index (χ4v) is 2.81. The van der Waals surface area contributed by atoms with Gasteiger partial charge in [-0.3, -0.25) is 4.79 Å². The summed E-state index contributed by atoms with van der Waals surface area (Å²) in [4.78, 5) is 11.9. The molecule has 0 N–H and O–H groups in total. The summed E-state index contributed by atoms with van der Waals surface area (Å²) in [5, 5.41) is 0. The van der Waals surface area contributed by atoms with E-state index >= 15 is 0 Å². The molecule has 0 saturated carbocycles. The summed E-state index contributed by atoms with van der Waals surface area (Å²) in [7, 11) is 0. The van der Waals surface area contributed by atoms with Gasteiger partial charge in [0.15, 0.2) is 5.78 Å². The molecule has 0 saturated heterocycles. The number of ketones is 1. The summed E-state index contributed by atoms with van der Waals surface area (Å²) in [6.45, 7) is 8.36. The molecule has 2 rings (SSSR count). The van der Waals surface area contributed by atoms with E-state index < -0.39 is 0 Å². The number of alkyl halides is 1. The molecule has 2 aromatic rings. The molecule has 0 fully saturated rings. The summed E-state index contributed by atoms with van der Waals surface area (Å²) >= 11 is 5.69. The predicted molar refractivity (Wildman–Crippen MR) is 84.4 cm³/mol. The minimum absolute atomic E-state index is 0.0203. The maximum absolute atomic E-state index is 11.9. The van der Waals surface area contributed by atoms with E-state index in [-0.39, 0.29) is 11.7 Å². The van der Waals surface area contributed by atoms with Crippen molar-refractivity contribution in [2.45, 2.75) is 33.6 Å². The first-order valence-corrected chi connectivity index (χ1v) is 7.38. The minimum atomic E-state index is -0.0203. The second-order valence-electron chi connectivity index (χ2n) is 5.39. The Morgan fingerprint density at radius 2 is 1.90 bits per heavy atom. The van der Waals surface area contributed by atoms with Gasteiger partial charge in [0.2, 0.25) is 0 Å². The Morgan fingerprint density at radius 3 is 2.50 bits per heavy atom. The number of benzene rings is 1. The summed E-state index contributed by atoms with van der Waals surface area (Å²) in [5.41, 5.74) is 5.16. The third kappa shape index (κ3) is 2.53. The van der Waals surface area contributed by atoms with Crippen LogP contribution in [0.1, 0.15) is 47.1 Å². The van der Waals surface area contributed by atoms with E-state index in [0.717, 1.165) is 22.6 Å². The highest BCUT2D eigenvalue weighted by Gasteiger charge is 2.18. The summed E-state index contributed by atoms with van der Waals surface area (Å²) in [6.07, 6.45) is 0. The molecule has 2 nitrogen and oxygen atoms in total. The molecule has 0 amide bonds. The van der Waals surface area contributed by atoms with Crippen LogP contribution in [-0.4, -0.2) is 16.2 Å². The molecule has 0 bridgehead atoms. The molecule has 1 heterocycles. The average Bonchev–Trinajstić information content (AvgIpc) is 2.73. The van der Waals surface area contributed by atoms with Crippen molar-refractivity contribution in [1.82, 2.24) is 4.57 Å². The van der Waals surface area contributed by atoms with Gasteiger partial charge in [0.25, 0.3) is 0 Å². The van der Waals surface area contributed by atoms with E-state index in [0.29, 0.717) is 5.92 Å². The number of aromatic nitrogens is 1. The maximum Gasteiger partial charge on any atom is 0.179 e. The Kier molecular flexibility index (Phi) is 4.34. The number of Topliss-reactive ketones (excluding diaryl/α,β-unsaturated/α-hetero) is 1. The van der Waals surface area contributed by atoms with Gasteiger partial charge in [-0.1, -0.05) is 32.0 Å². The highest BCUT2D eigenvalue weighted by molar-refractivity contribution is 6.30. The van der Waals surface area contributed by atoms with Gasteiger partial charge in [-0.05, 0) is 37.5 Å². The van der Waals surface area contributed by atoms with Gasteiger partial charge in [0.1, 0.15) is 0 Å². The van der Waals surface area contributed by atoms with Crippen LogP contribution in [-0.2, 0) is 0 Å². The first-order chi connectivity index (χ1) is 9.47. The monoisotopic (exact) mass is 289 g/mol. The number of hydrogen-bond acceptors (Lipinski definition) is 1. The molecule has 0 unspecified atom stereocenters. The van der Waals surface area contributed by atoms with Gasteiger partial charge in [-0.25, -0.2) is 0 Å². The molecule has 0 aliphatic carbocycles. The largest absolute Gasteiger partial charge is 0.317 e. The lowest BCUT2D eigenvalue weighted by Gasteiger charge is -2.17. The first kappa shape index (κ1) is 14.9. The second-order valence-corrected chi connectivity index (χ2v) is 5.66. The van der Waals surface area contributed by atoms with Crippen LogP contribution in [0.2, 0.25) is 0 Å². The highest BCUT2D eigenvalue weighted by atomic mass is 35.5. The Bertz CT molecular complexity index is 640. The molecule has 0 aliphatic heterocycles. The minimum Gasteiger partial charge on any atom is -0.317 e. The number of halogens is 1. The molecule has 20 heavy (non-hydrogen) atoms. The molecule has 106 valence electrons. The smallest absolute Gasteiger partial charge is 0.179 e. The summed E-state index contributed by atoms with van der Waals surface area (Å²) in [5.74, 6) is 0.434. The molecule has 0 atom stereocenters. The molecular formula is C17H20ClNO. The van der Waals surface area contributed by atoms with Gasteiger partial charge in [0, 0.05) is 22.6 Å². The van der Waals surface area contributed by atoms with E-state index in [2.05, 4.69) is 36.6 Å². The molecule has 0 spiro atoms. The lowest BCUT2D eigenvalue weighted by Crippen LogP contribution is -2.06. The van der Waals surface area contributed by atoms with Crippen molar-refractivity contribution in [3.8, 4) is 5.69 Å². The van der Waals surface area contributed by atoms with Crippen LogP contribution >= 0.6 is 11.6 Å². The lowest BCUT2D eigenvalue weighted by molar-refractivity contribution is 0.102. The van der Waals surface area contributed by atoms with Crippen molar-refractivity contribution >= 4 is 17.4 Å². The first-order valence-electron chi connectivity index (χ1n) is 6.84. The van der Waals surface area contributed by atoms with Gasteiger partial charge >= 0.3 is 0 Å². The topological polar surface area (TPSA) is 22.0 Å². The van der Waals surface area contributed by atoms with Gasteiger partial charge in [-0.15, -0.1) is 11.6 Å². The van der Waals surface area contributed by atoms with Gasteiger partial charge < -0.3 is 4.57 Å². The SMILES string of the molecule is Cc1cc(C(=O)CCl)c(C)n1-c1ccccc1C(C)C. The van der Waals surface area contributed by atoms with Crippen molar-refractivity contribution in [1.29, 1.82) is 0 Å². The Labute approximate surface area is 125 Å². The standard InChI is InChI=1S/C17H20ClNO/c1-11(2)14-7-5-6-8-16(14)19-12(3)9-15(13(19)4)17(20)10-18/h5-9,11H,10H2,1-4H3. The number of hydrogen-bond donors (Lipinski definition) is 0.